The van der Waals surface area contributed by atoms with Gasteiger partial charge in [-0.3, -0.25) is 4.79 Å². The lowest BCUT2D eigenvalue weighted by molar-refractivity contribution is 0.102. The van der Waals surface area contributed by atoms with E-state index in [4.69, 9.17) is 4.74 Å². The van der Waals surface area contributed by atoms with E-state index >= 15 is 0 Å². The zero-order valence-corrected chi connectivity index (χ0v) is 21.8. The molecule has 0 saturated carbocycles. The Morgan fingerprint density at radius 2 is 1.97 bits per heavy atom. The van der Waals surface area contributed by atoms with Gasteiger partial charge in [0.15, 0.2) is 0 Å². The van der Waals surface area contributed by atoms with Gasteiger partial charge in [-0.15, -0.1) is 0 Å². The molecule has 2 aromatic heterocycles. The third-order valence-electron chi connectivity index (χ3n) is 7.39. The number of fused-ring (bicyclic) bond motifs is 1. The average Bonchev–Trinajstić information content (AvgIpc) is 3.22. The molecule has 1 saturated heterocycles. The maximum Gasteiger partial charge on any atom is 0.259 e. The van der Waals surface area contributed by atoms with Crippen molar-refractivity contribution in [3.63, 3.8) is 0 Å². The van der Waals surface area contributed by atoms with Gasteiger partial charge >= 0.3 is 0 Å². The summed E-state index contributed by atoms with van der Waals surface area (Å²) >= 11 is 0. The van der Waals surface area contributed by atoms with E-state index in [1.165, 1.54) is 5.56 Å². The Morgan fingerprint density at radius 3 is 2.81 bits per heavy atom. The van der Waals surface area contributed by atoms with Crippen molar-refractivity contribution in [1.29, 1.82) is 0 Å². The van der Waals surface area contributed by atoms with Crippen LogP contribution < -0.4 is 26.0 Å². The fraction of sp³-hybridized carbons (Fsp3) is 0.414. The summed E-state index contributed by atoms with van der Waals surface area (Å²) in [5, 5.41) is 13.2. The van der Waals surface area contributed by atoms with E-state index in [1.54, 1.807) is 24.5 Å². The highest BCUT2D eigenvalue weighted by Crippen LogP contribution is 2.37. The van der Waals surface area contributed by atoms with Gasteiger partial charge in [-0.05, 0) is 80.2 Å². The summed E-state index contributed by atoms with van der Waals surface area (Å²) in [6.45, 7) is 10.0. The lowest BCUT2D eigenvalue weighted by atomic mass is 9.87. The number of nitrogens with one attached hydrogen (secondary N) is 4. The highest BCUT2D eigenvalue weighted by Gasteiger charge is 2.29. The fourth-order valence-corrected chi connectivity index (χ4v) is 5.11. The third kappa shape index (κ3) is 5.85. The molecule has 3 aromatic rings. The van der Waals surface area contributed by atoms with Crippen molar-refractivity contribution < 1.29 is 9.53 Å². The second kappa shape index (κ2) is 10.8. The molecule has 0 radical (unpaired) electrons. The molecule has 4 heterocycles. The normalized spacial score (nSPS) is 17.4. The number of rotatable bonds is 8. The molecule has 1 unspecified atom stereocenters. The molecule has 37 heavy (non-hydrogen) atoms. The van der Waals surface area contributed by atoms with Gasteiger partial charge in [0, 0.05) is 48.3 Å². The minimum Gasteiger partial charge on any atom is -0.474 e. The minimum atomic E-state index is -0.206. The number of benzene rings is 1. The van der Waals surface area contributed by atoms with Crippen molar-refractivity contribution in [3.8, 4) is 5.88 Å². The zero-order valence-electron chi connectivity index (χ0n) is 21.8. The lowest BCUT2D eigenvalue weighted by Gasteiger charge is -2.28. The first kappa shape index (κ1) is 25.0. The number of carbonyl (C=O) groups is 1. The van der Waals surface area contributed by atoms with Crippen LogP contribution in [0.15, 0.2) is 54.9 Å². The Labute approximate surface area is 218 Å². The topological polar surface area (TPSA) is 100 Å². The molecule has 1 atom stereocenters. The highest BCUT2D eigenvalue weighted by molar-refractivity contribution is 6.07. The van der Waals surface area contributed by atoms with Gasteiger partial charge in [-0.2, -0.15) is 0 Å². The molecule has 8 nitrogen and oxygen atoms in total. The van der Waals surface area contributed by atoms with Crippen LogP contribution in [0.25, 0.3) is 0 Å². The van der Waals surface area contributed by atoms with Crippen LogP contribution in [0.3, 0.4) is 0 Å². The van der Waals surface area contributed by atoms with Crippen molar-refractivity contribution >= 4 is 23.1 Å². The second-order valence-corrected chi connectivity index (χ2v) is 10.6. The number of aromatic nitrogens is 2. The van der Waals surface area contributed by atoms with E-state index in [0.29, 0.717) is 29.7 Å². The van der Waals surface area contributed by atoms with Gasteiger partial charge in [0.05, 0.1) is 5.56 Å². The van der Waals surface area contributed by atoms with Crippen LogP contribution in [-0.2, 0) is 12.0 Å². The standard InChI is InChI=1S/C29H36N6O2/c1-19(21-9-12-30-13-10-21)37-26-15-20(8-14-31-26)17-33-27-23(5-4-11-32-27)28(36)35-22-6-7-24-25(16-22)34-18-29(24,2)3/h4-8,11,14-16,19,21,30,34H,9-10,12-13,17-18H2,1-3H3,(H,32,33)(H,35,36). The van der Waals surface area contributed by atoms with Crippen LogP contribution in [0.5, 0.6) is 5.88 Å². The Bertz CT molecular complexity index is 1250. The van der Waals surface area contributed by atoms with Crippen molar-refractivity contribution in [3.05, 3.63) is 71.5 Å². The number of piperidine rings is 1. The SMILES string of the molecule is CC(Oc1cc(CNc2ncccc2C(=O)Nc2ccc3c(c2)NCC3(C)C)ccn1)C1CCNCC1. The zero-order chi connectivity index (χ0) is 25.8. The summed E-state index contributed by atoms with van der Waals surface area (Å²) < 4.78 is 6.17. The minimum absolute atomic E-state index is 0.0849. The fourth-order valence-electron chi connectivity index (χ4n) is 5.11. The van der Waals surface area contributed by atoms with E-state index in [2.05, 4.69) is 58.1 Å². The van der Waals surface area contributed by atoms with Crippen molar-refractivity contribution in [2.75, 3.05) is 35.6 Å². The van der Waals surface area contributed by atoms with Crippen molar-refractivity contribution in [2.45, 2.75) is 51.7 Å². The van der Waals surface area contributed by atoms with Gasteiger partial charge in [-0.1, -0.05) is 19.9 Å². The van der Waals surface area contributed by atoms with Gasteiger partial charge in [0.1, 0.15) is 11.9 Å². The molecule has 0 spiro atoms. The Morgan fingerprint density at radius 1 is 1.14 bits per heavy atom. The van der Waals surface area contributed by atoms with Crippen LogP contribution in [-0.4, -0.2) is 41.6 Å². The number of carbonyl (C=O) groups excluding carboxylic acids is 1. The Kier molecular flexibility index (Phi) is 7.28. The molecule has 2 aliphatic heterocycles. The Hall–Kier alpha value is -3.65. The quantitative estimate of drug-likeness (QED) is 0.352. The van der Waals surface area contributed by atoms with E-state index < -0.39 is 0 Å². The van der Waals surface area contributed by atoms with Crippen molar-refractivity contribution in [1.82, 2.24) is 15.3 Å². The molecular formula is C29H36N6O2. The molecule has 4 N–H and O–H groups in total. The first-order valence-electron chi connectivity index (χ1n) is 13.1. The number of amides is 1. The molecule has 0 bridgehead atoms. The number of hydrogen-bond acceptors (Lipinski definition) is 7. The van der Waals surface area contributed by atoms with Gasteiger partial charge in [-0.25, -0.2) is 9.97 Å². The average molecular weight is 501 g/mol. The van der Waals surface area contributed by atoms with Gasteiger partial charge < -0.3 is 26.0 Å². The second-order valence-electron chi connectivity index (χ2n) is 10.6. The molecule has 8 heteroatoms. The summed E-state index contributed by atoms with van der Waals surface area (Å²) in [4.78, 5) is 22.0. The maximum atomic E-state index is 13.2. The lowest BCUT2D eigenvalue weighted by Crippen LogP contribution is -2.35. The summed E-state index contributed by atoms with van der Waals surface area (Å²) in [6.07, 6.45) is 5.79. The van der Waals surface area contributed by atoms with E-state index in [9.17, 15) is 4.79 Å². The van der Waals surface area contributed by atoms with Crippen LogP contribution >= 0.6 is 0 Å². The molecule has 2 aliphatic rings. The number of hydrogen-bond donors (Lipinski definition) is 4. The smallest absolute Gasteiger partial charge is 0.259 e. The largest absolute Gasteiger partial charge is 0.474 e. The predicted molar refractivity (Wildman–Crippen MR) is 147 cm³/mol. The summed E-state index contributed by atoms with van der Waals surface area (Å²) in [5.74, 6) is 1.48. The summed E-state index contributed by atoms with van der Waals surface area (Å²) in [6, 6.07) is 13.5. The molecule has 1 aromatic carbocycles. The van der Waals surface area contributed by atoms with E-state index in [0.717, 1.165) is 49.4 Å². The number of pyridine rings is 2. The predicted octanol–water partition coefficient (Wildman–Crippen LogP) is 4.81. The van der Waals surface area contributed by atoms with Crippen molar-refractivity contribution in [2.24, 2.45) is 5.92 Å². The van der Waals surface area contributed by atoms with Crippen LogP contribution in [0.4, 0.5) is 17.2 Å². The molecule has 5 rings (SSSR count). The molecule has 1 amide bonds. The van der Waals surface area contributed by atoms with E-state index in [1.807, 2.05) is 24.3 Å². The third-order valence-corrected chi connectivity index (χ3v) is 7.39. The number of ether oxygens (including phenoxy) is 1. The maximum absolute atomic E-state index is 13.2. The van der Waals surface area contributed by atoms with Crippen LogP contribution in [0, 0.1) is 5.92 Å². The molecule has 0 aliphatic carbocycles. The first-order valence-corrected chi connectivity index (χ1v) is 13.1. The number of anilines is 3. The van der Waals surface area contributed by atoms with Crippen LogP contribution in [0.2, 0.25) is 0 Å². The number of nitrogens with zero attached hydrogens (tertiary/aromatic N) is 2. The Balaban J connectivity index is 1.22. The molecule has 194 valence electrons. The first-order chi connectivity index (χ1) is 17.9. The molecule has 1 fully saturated rings. The van der Waals surface area contributed by atoms with Gasteiger partial charge in [0.2, 0.25) is 5.88 Å². The van der Waals surface area contributed by atoms with Gasteiger partial charge in [0.25, 0.3) is 5.91 Å². The van der Waals surface area contributed by atoms with E-state index in [-0.39, 0.29) is 17.4 Å². The summed E-state index contributed by atoms with van der Waals surface area (Å²) in [5.41, 5.74) is 4.66. The van der Waals surface area contributed by atoms with Crippen LogP contribution in [0.1, 0.15) is 55.1 Å². The highest BCUT2D eigenvalue weighted by atomic mass is 16.5. The monoisotopic (exact) mass is 500 g/mol. The summed E-state index contributed by atoms with van der Waals surface area (Å²) in [7, 11) is 0. The molecular weight excluding hydrogens is 464 g/mol.